The van der Waals surface area contributed by atoms with E-state index in [9.17, 15) is 32.3 Å². The zero-order valence-corrected chi connectivity index (χ0v) is 18.6. The molecule has 3 aromatic rings. The average Bonchev–Trinajstić information content (AvgIpc) is 2.79. The summed E-state index contributed by atoms with van der Waals surface area (Å²) in [6.07, 6.45) is 0.202. The minimum absolute atomic E-state index is 0.00863. The number of amides is 4. The Balaban J connectivity index is 1.42. The van der Waals surface area contributed by atoms with Crippen molar-refractivity contribution in [3.05, 3.63) is 58.4 Å². The summed E-state index contributed by atoms with van der Waals surface area (Å²) in [5.41, 5.74) is -3.81. The lowest BCUT2D eigenvalue weighted by molar-refractivity contribution is -0.136. The molecule has 182 valence electrons. The number of rotatable bonds is 5. The van der Waals surface area contributed by atoms with Crippen LogP contribution in [0.25, 0.3) is 10.9 Å². The SMILES string of the molecule is O=C1CCC(n2nnc3ccc(CNC(=O)Nc4ccc(SC(F)(F)F)cc4)cc3c2=O)C(=O)N1. The number of alkyl halides is 3. The third-order valence-electron chi connectivity index (χ3n) is 5.05. The van der Waals surface area contributed by atoms with Crippen molar-refractivity contribution in [2.24, 2.45) is 0 Å². The summed E-state index contributed by atoms with van der Waals surface area (Å²) in [4.78, 5) is 48.6. The number of nitrogens with zero attached hydrogens (tertiary/aromatic N) is 3. The van der Waals surface area contributed by atoms with Gasteiger partial charge < -0.3 is 10.6 Å². The van der Waals surface area contributed by atoms with Gasteiger partial charge in [0.15, 0.2) is 0 Å². The van der Waals surface area contributed by atoms with Crippen molar-refractivity contribution >= 4 is 46.2 Å². The molecule has 1 fully saturated rings. The Hall–Kier alpha value is -3.94. The van der Waals surface area contributed by atoms with Crippen LogP contribution in [0.1, 0.15) is 24.4 Å². The molecule has 4 rings (SSSR count). The van der Waals surface area contributed by atoms with Gasteiger partial charge in [0.05, 0.1) is 5.39 Å². The van der Waals surface area contributed by atoms with Gasteiger partial charge in [-0.15, -0.1) is 5.10 Å². The fourth-order valence-corrected chi connectivity index (χ4v) is 3.97. The van der Waals surface area contributed by atoms with Crippen molar-refractivity contribution in [1.29, 1.82) is 0 Å². The first-order valence-electron chi connectivity index (χ1n) is 10.2. The molecular formula is C21H17F3N6O4S. The summed E-state index contributed by atoms with van der Waals surface area (Å²) < 4.78 is 38.2. The summed E-state index contributed by atoms with van der Waals surface area (Å²) in [5.74, 6) is -1.05. The van der Waals surface area contributed by atoms with E-state index in [1.165, 1.54) is 30.3 Å². The summed E-state index contributed by atoms with van der Waals surface area (Å²) >= 11 is -0.254. The fourth-order valence-electron chi connectivity index (χ4n) is 3.43. The molecule has 1 aromatic heterocycles. The van der Waals surface area contributed by atoms with E-state index < -0.39 is 35.0 Å². The molecule has 0 aliphatic carbocycles. The first-order valence-corrected chi connectivity index (χ1v) is 11.0. The van der Waals surface area contributed by atoms with E-state index in [0.29, 0.717) is 16.8 Å². The standard InChI is InChI=1S/C21H17F3N6O4S/c22-21(23,24)35-13-4-2-12(3-5-13)26-20(34)25-10-11-1-6-15-14(9-11)19(33)30(29-28-15)16-7-8-17(31)27-18(16)32/h1-6,9,16H,7-8,10H2,(H2,25,26,34)(H,27,31,32). The molecule has 2 aromatic carbocycles. The van der Waals surface area contributed by atoms with E-state index in [1.807, 2.05) is 0 Å². The molecule has 1 aliphatic heterocycles. The van der Waals surface area contributed by atoms with Crippen molar-refractivity contribution < 1.29 is 27.6 Å². The summed E-state index contributed by atoms with van der Waals surface area (Å²) in [7, 11) is 0. The van der Waals surface area contributed by atoms with Gasteiger partial charge >= 0.3 is 11.5 Å². The number of hydrogen-bond acceptors (Lipinski definition) is 7. The Kier molecular flexibility index (Phi) is 6.73. The highest BCUT2D eigenvalue weighted by molar-refractivity contribution is 8.00. The topological polar surface area (TPSA) is 135 Å². The van der Waals surface area contributed by atoms with Crippen molar-refractivity contribution in [2.75, 3.05) is 5.32 Å². The Morgan fingerprint density at radius 2 is 1.89 bits per heavy atom. The number of thioether (sulfide) groups is 1. The molecule has 0 spiro atoms. The van der Waals surface area contributed by atoms with E-state index >= 15 is 0 Å². The van der Waals surface area contributed by atoms with E-state index in [0.717, 1.165) is 4.68 Å². The van der Waals surface area contributed by atoms with Crippen LogP contribution in [0.5, 0.6) is 0 Å². The van der Waals surface area contributed by atoms with Crippen LogP contribution < -0.4 is 21.5 Å². The van der Waals surface area contributed by atoms with E-state index in [1.54, 1.807) is 12.1 Å². The zero-order chi connectivity index (χ0) is 25.2. The maximum Gasteiger partial charge on any atom is 0.446 e. The van der Waals surface area contributed by atoms with Gasteiger partial charge in [-0.2, -0.15) is 17.9 Å². The van der Waals surface area contributed by atoms with Gasteiger partial charge in [-0.25, -0.2) is 4.79 Å². The molecule has 0 bridgehead atoms. The second kappa shape index (κ2) is 9.74. The van der Waals surface area contributed by atoms with Crippen LogP contribution in [0.2, 0.25) is 0 Å². The fraction of sp³-hybridized carbons (Fsp3) is 0.238. The number of anilines is 1. The molecule has 2 heterocycles. The van der Waals surface area contributed by atoms with E-state index in [4.69, 9.17) is 0 Å². The summed E-state index contributed by atoms with van der Waals surface area (Å²) in [6, 6.07) is 8.32. The Morgan fingerprint density at radius 3 is 2.57 bits per heavy atom. The van der Waals surface area contributed by atoms with E-state index in [-0.39, 0.29) is 41.4 Å². The van der Waals surface area contributed by atoms with E-state index in [2.05, 4.69) is 26.3 Å². The first kappa shape index (κ1) is 24.2. The van der Waals surface area contributed by atoms with Crippen molar-refractivity contribution in [3.8, 4) is 0 Å². The number of halogens is 3. The van der Waals surface area contributed by atoms with Crippen LogP contribution in [0, 0.1) is 0 Å². The molecule has 4 amide bonds. The van der Waals surface area contributed by atoms with Crippen molar-refractivity contribution in [3.63, 3.8) is 0 Å². The molecule has 1 unspecified atom stereocenters. The number of nitrogens with one attached hydrogen (secondary N) is 3. The normalized spacial score (nSPS) is 16.1. The molecular weight excluding hydrogens is 489 g/mol. The molecule has 35 heavy (non-hydrogen) atoms. The molecule has 1 saturated heterocycles. The number of aromatic nitrogens is 3. The molecule has 0 radical (unpaired) electrons. The van der Waals surface area contributed by atoms with Crippen LogP contribution in [-0.4, -0.2) is 38.3 Å². The van der Waals surface area contributed by atoms with Crippen LogP contribution in [0.15, 0.2) is 52.2 Å². The number of imide groups is 1. The number of benzene rings is 2. The summed E-state index contributed by atoms with van der Waals surface area (Å²) in [6.45, 7) is 0.0317. The zero-order valence-electron chi connectivity index (χ0n) is 17.8. The Labute approximate surface area is 199 Å². The quantitative estimate of drug-likeness (QED) is 0.358. The predicted octanol–water partition coefficient (Wildman–Crippen LogP) is 2.70. The third-order valence-corrected chi connectivity index (χ3v) is 5.79. The number of hydrogen-bond donors (Lipinski definition) is 3. The predicted molar refractivity (Wildman–Crippen MR) is 119 cm³/mol. The van der Waals surface area contributed by atoms with Gasteiger partial charge in [-0.1, -0.05) is 11.3 Å². The lowest BCUT2D eigenvalue weighted by Gasteiger charge is -2.21. The minimum atomic E-state index is -4.40. The van der Waals surface area contributed by atoms with Gasteiger partial charge in [-0.05, 0) is 60.1 Å². The minimum Gasteiger partial charge on any atom is -0.334 e. The second-order valence-electron chi connectivity index (χ2n) is 7.54. The number of urea groups is 1. The van der Waals surface area contributed by atoms with Crippen LogP contribution in [0.3, 0.4) is 0 Å². The van der Waals surface area contributed by atoms with Crippen molar-refractivity contribution in [2.45, 2.75) is 35.8 Å². The number of carbonyl (C=O) groups is 3. The molecule has 3 N–H and O–H groups in total. The van der Waals surface area contributed by atoms with Gasteiger partial charge in [0.25, 0.3) is 11.5 Å². The molecule has 10 nitrogen and oxygen atoms in total. The second-order valence-corrected chi connectivity index (χ2v) is 8.68. The maximum absolute atomic E-state index is 12.9. The van der Waals surface area contributed by atoms with Gasteiger partial charge in [0.2, 0.25) is 5.91 Å². The van der Waals surface area contributed by atoms with Crippen LogP contribution in [-0.2, 0) is 16.1 Å². The average molecular weight is 506 g/mol. The van der Waals surface area contributed by atoms with Crippen molar-refractivity contribution in [1.82, 2.24) is 25.6 Å². The molecule has 0 saturated carbocycles. The first-order chi connectivity index (χ1) is 16.6. The third kappa shape index (κ3) is 5.95. The highest BCUT2D eigenvalue weighted by atomic mass is 32.2. The maximum atomic E-state index is 12.9. The monoisotopic (exact) mass is 506 g/mol. The number of piperidine rings is 1. The van der Waals surface area contributed by atoms with Gasteiger partial charge in [0.1, 0.15) is 11.6 Å². The largest absolute Gasteiger partial charge is 0.446 e. The molecule has 14 heteroatoms. The van der Waals surface area contributed by atoms with Crippen LogP contribution >= 0.6 is 11.8 Å². The Morgan fingerprint density at radius 1 is 1.14 bits per heavy atom. The number of carbonyl (C=O) groups excluding carboxylic acids is 3. The molecule has 1 aliphatic rings. The lowest BCUT2D eigenvalue weighted by atomic mass is 10.1. The molecule has 1 atom stereocenters. The van der Waals surface area contributed by atoms with Gasteiger partial charge in [0, 0.05) is 23.5 Å². The highest BCUT2D eigenvalue weighted by Gasteiger charge is 2.30. The lowest BCUT2D eigenvalue weighted by Crippen LogP contribution is -2.45. The van der Waals surface area contributed by atoms with Crippen LogP contribution in [0.4, 0.5) is 23.7 Å². The summed E-state index contributed by atoms with van der Waals surface area (Å²) in [5, 5.41) is 15.2. The number of fused-ring (bicyclic) bond motifs is 1. The highest BCUT2D eigenvalue weighted by Crippen LogP contribution is 2.37. The smallest absolute Gasteiger partial charge is 0.334 e. The Bertz CT molecular complexity index is 1360. The van der Waals surface area contributed by atoms with Gasteiger partial charge in [-0.3, -0.25) is 19.7 Å².